The summed E-state index contributed by atoms with van der Waals surface area (Å²) in [7, 11) is 4.18. The fourth-order valence-corrected chi connectivity index (χ4v) is 1.56. The Morgan fingerprint density at radius 1 is 1.12 bits per heavy atom. The van der Waals surface area contributed by atoms with Gasteiger partial charge in [-0.3, -0.25) is 4.79 Å². The average Bonchev–Trinajstić information content (AvgIpc) is 2.22. The molecule has 0 atom stereocenters. The fourth-order valence-electron chi connectivity index (χ4n) is 1.56. The molecule has 0 amide bonds. The quantitative estimate of drug-likeness (QED) is 0.286. The van der Waals surface area contributed by atoms with Gasteiger partial charge in [-0.25, -0.2) is 0 Å². The second kappa shape index (κ2) is 13.5. The van der Waals surface area contributed by atoms with Gasteiger partial charge in [0.2, 0.25) is 0 Å². The molecule has 0 saturated carbocycles. The highest BCUT2D eigenvalue weighted by atomic mass is 35.5. The maximum Gasteiger partial charge on any atom is 0.177 e. The molecule has 0 aromatic heterocycles. The number of carbonyl (C=O) groups excluding carboxylic acids is 1. The summed E-state index contributed by atoms with van der Waals surface area (Å²) >= 11 is 0. The van der Waals surface area contributed by atoms with Crippen molar-refractivity contribution in [2.75, 3.05) is 20.6 Å². The van der Waals surface area contributed by atoms with Gasteiger partial charge in [0.25, 0.3) is 0 Å². The highest BCUT2D eigenvalue weighted by Gasteiger charge is 1.98. The average molecular weight is 265 g/mol. The van der Waals surface area contributed by atoms with Crippen LogP contribution in [-0.4, -0.2) is 42.7 Å². The highest BCUT2D eigenvalue weighted by Crippen LogP contribution is 2.07. The third kappa shape index (κ3) is 15.4. The number of carbonyl (C=O) groups is 1. The Labute approximate surface area is 110 Å². The number of Topliss-reactive ketones (excluding diaryl/α,β-unsaturated/α-hetero) is 1. The van der Waals surface area contributed by atoms with Crippen LogP contribution in [0.15, 0.2) is 5.16 Å². The second-order valence-corrected chi connectivity index (χ2v) is 4.39. The van der Waals surface area contributed by atoms with E-state index in [0.717, 1.165) is 25.6 Å². The first-order valence-corrected chi connectivity index (χ1v) is 6.02. The van der Waals surface area contributed by atoms with Gasteiger partial charge in [0.05, 0.1) is 0 Å². The number of oxime groups is 1. The van der Waals surface area contributed by atoms with E-state index in [2.05, 4.69) is 24.2 Å². The molecule has 0 unspecified atom stereocenters. The van der Waals surface area contributed by atoms with Crippen molar-refractivity contribution < 1.29 is 10.0 Å². The van der Waals surface area contributed by atoms with E-state index in [-0.39, 0.29) is 18.2 Å². The van der Waals surface area contributed by atoms with Gasteiger partial charge < -0.3 is 10.1 Å². The lowest BCUT2D eigenvalue weighted by atomic mass is 10.1. The van der Waals surface area contributed by atoms with Crippen molar-refractivity contribution in [3.63, 3.8) is 0 Å². The maximum absolute atomic E-state index is 10.9. The molecule has 0 radical (unpaired) electrons. The number of unbranched alkanes of at least 4 members (excludes halogenated alkanes) is 5. The molecule has 0 spiro atoms. The Kier molecular flexibility index (Phi) is 14.8. The standard InChI is InChI=1S/C12H24N2O2.ClH/c1-14(2)10-8-6-4-3-5-7-9-12(15)11-13-16;/h11,16H,3-10H2,1-2H3;1H. The van der Waals surface area contributed by atoms with Gasteiger partial charge in [-0.15, -0.1) is 12.4 Å². The van der Waals surface area contributed by atoms with Crippen LogP contribution in [0.25, 0.3) is 0 Å². The van der Waals surface area contributed by atoms with E-state index < -0.39 is 0 Å². The SMILES string of the molecule is CN(C)CCCCCCCCC(=O)C=NO.Cl. The zero-order valence-corrected chi connectivity index (χ0v) is 11.7. The predicted molar refractivity (Wildman–Crippen MR) is 73.4 cm³/mol. The molecule has 0 aliphatic carbocycles. The number of rotatable bonds is 10. The van der Waals surface area contributed by atoms with Gasteiger partial charge >= 0.3 is 0 Å². The van der Waals surface area contributed by atoms with Crippen LogP contribution in [0.3, 0.4) is 0 Å². The van der Waals surface area contributed by atoms with E-state index in [4.69, 9.17) is 5.21 Å². The van der Waals surface area contributed by atoms with Crippen molar-refractivity contribution >= 4 is 24.4 Å². The molecule has 0 rings (SSSR count). The maximum atomic E-state index is 10.9. The van der Waals surface area contributed by atoms with Crippen LogP contribution < -0.4 is 0 Å². The zero-order valence-electron chi connectivity index (χ0n) is 10.9. The Morgan fingerprint density at radius 3 is 2.18 bits per heavy atom. The Balaban J connectivity index is 0. The van der Waals surface area contributed by atoms with Gasteiger partial charge in [0.15, 0.2) is 5.78 Å². The summed E-state index contributed by atoms with van der Waals surface area (Å²) in [5.41, 5.74) is 0. The number of hydrogen-bond donors (Lipinski definition) is 1. The minimum absolute atomic E-state index is 0. The summed E-state index contributed by atoms with van der Waals surface area (Å²) in [6, 6.07) is 0. The van der Waals surface area contributed by atoms with Crippen LogP contribution in [0.5, 0.6) is 0 Å². The van der Waals surface area contributed by atoms with Gasteiger partial charge in [0, 0.05) is 6.42 Å². The molecule has 5 heteroatoms. The van der Waals surface area contributed by atoms with Crippen LogP contribution in [-0.2, 0) is 4.79 Å². The molecule has 0 saturated heterocycles. The van der Waals surface area contributed by atoms with E-state index in [1.165, 1.54) is 25.7 Å². The molecule has 0 heterocycles. The first kappa shape index (κ1) is 18.7. The molecule has 0 fully saturated rings. The van der Waals surface area contributed by atoms with Gasteiger partial charge in [-0.1, -0.05) is 30.8 Å². The predicted octanol–water partition coefficient (Wildman–Crippen LogP) is 2.73. The first-order valence-electron chi connectivity index (χ1n) is 6.02. The molecule has 102 valence electrons. The van der Waals surface area contributed by atoms with Crippen molar-refractivity contribution in [3.8, 4) is 0 Å². The topological polar surface area (TPSA) is 52.9 Å². The summed E-state index contributed by atoms with van der Waals surface area (Å²) in [6.45, 7) is 1.16. The van der Waals surface area contributed by atoms with Crippen LogP contribution in [0.2, 0.25) is 0 Å². The number of hydrogen-bond acceptors (Lipinski definition) is 4. The van der Waals surface area contributed by atoms with E-state index in [1.807, 2.05) is 0 Å². The Hall–Kier alpha value is -0.610. The fraction of sp³-hybridized carbons (Fsp3) is 0.833. The van der Waals surface area contributed by atoms with Gasteiger partial charge in [-0.2, -0.15) is 0 Å². The van der Waals surface area contributed by atoms with E-state index in [1.54, 1.807) is 0 Å². The first-order chi connectivity index (χ1) is 7.66. The molecular formula is C12H25ClN2O2. The summed E-state index contributed by atoms with van der Waals surface area (Å²) in [6.07, 6.45) is 8.44. The van der Waals surface area contributed by atoms with Crippen LogP contribution in [0, 0.1) is 0 Å². The van der Waals surface area contributed by atoms with Crippen LogP contribution >= 0.6 is 12.4 Å². The van der Waals surface area contributed by atoms with Crippen molar-refractivity contribution in [2.24, 2.45) is 5.16 Å². The third-order valence-electron chi connectivity index (χ3n) is 2.48. The lowest BCUT2D eigenvalue weighted by molar-refractivity contribution is -0.112. The number of nitrogens with zero attached hydrogens (tertiary/aromatic N) is 2. The summed E-state index contributed by atoms with van der Waals surface area (Å²) in [5, 5.41) is 10.8. The zero-order chi connectivity index (χ0) is 12.2. The van der Waals surface area contributed by atoms with Crippen LogP contribution in [0.4, 0.5) is 0 Å². The second-order valence-electron chi connectivity index (χ2n) is 4.39. The van der Waals surface area contributed by atoms with Crippen molar-refractivity contribution in [1.29, 1.82) is 0 Å². The summed E-state index contributed by atoms with van der Waals surface area (Å²) in [5.74, 6) is -0.0879. The summed E-state index contributed by atoms with van der Waals surface area (Å²) in [4.78, 5) is 13.1. The molecule has 0 bridgehead atoms. The van der Waals surface area contributed by atoms with Crippen molar-refractivity contribution in [3.05, 3.63) is 0 Å². The lowest BCUT2D eigenvalue weighted by Gasteiger charge is -2.08. The van der Waals surface area contributed by atoms with E-state index in [9.17, 15) is 4.79 Å². The molecule has 1 N–H and O–H groups in total. The Bertz CT molecular complexity index is 209. The Morgan fingerprint density at radius 2 is 1.65 bits per heavy atom. The minimum atomic E-state index is -0.0879. The lowest BCUT2D eigenvalue weighted by Crippen LogP contribution is -2.12. The third-order valence-corrected chi connectivity index (χ3v) is 2.48. The van der Waals surface area contributed by atoms with Crippen LogP contribution in [0.1, 0.15) is 44.9 Å². The molecular weight excluding hydrogens is 240 g/mol. The number of halogens is 1. The minimum Gasteiger partial charge on any atom is -0.411 e. The molecule has 0 aliphatic rings. The number of ketones is 1. The molecule has 0 aliphatic heterocycles. The molecule has 0 aromatic rings. The molecule has 17 heavy (non-hydrogen) atoms. The van der Waals surface area contributed by atoms with E-state index >= 15 is 0 Å². The molecule has 4 nitrogen and oxygen atoms in total. The van der Waals surface area contributed by atoms with Crippen molar-refractivity contribution in [1.82, 2.24) is 4.90 Å². The molecule has 0 aromatic carbocycles. The normalized spacial score (nSPS) is 10.8. The van der Waals surface area contributed by atoms with Gasteiger partial charge in [0.1, 0.15) is 6.21 Å². The summed E-state index contributed by atoms with van der Waals surface area (Å²) < 4.78 is 0. The smallest absolute Gasteiger partial charge is 0.177 e. The largest absolute Gasteiger partial charge is 0.411 e. The van der Waals surface area contributed by atoms with Crippen molar-refractivity contribution in [2.45, 2.75) is 44.9 Å². The van der Waals surface area contributed by atoms with E-state index in [0.29, 0.717) is 6.42 Å². The monoisotopic (exact) mass is 264 g/mol. The highest BCUT2D eigenvalue weighted by molar-refractivity contribution is 6.27. The van der Waals surface area contributed by atoms with Gasteiger partial charge in [-0.05, 0) is 33.5 Å².